The number of nitrogens with two attached hydrogens (primary N) is 1. The highest BCUT2D eigenvalue weighted by Gasteiger charge is 2.21. The summed E-state index contributed by atoms with van der Waals surface area (Å²) >= 11 is 6.06. The number of benzene rings is 1. The molecule has 1 aliphatic rings. The summed E-state index contributed by atoms with van der Waals surface area (Å²) in [7, 11) is -2.90. The van der Waals surface area contributed by atoms with Gasteiger partial charge in [0, 0.05) is 29.8 Å². The van der Waals surface area contributed by atoms with Crippen LogP contribution in [0, 0.1) is 0 Å². The zero-order chi connectivity index (χ0) is 14.8. The lowest BCUT2D eigenvalue weighted by molar-refractivity contribution is 0.597. The lowest BCUT2D eigenvalue weighted by atomic mass is 10.0. The smallest absolute Gasteiger partial charge is 0.152 e. The van der Waals surface area contributed by atoms with Crippen LogP contribution in [-0.2, 0) is 16.3 Å². The fourth-order valence-corrected chi connectivity index (χ4v) is 4.02. The van der Waals surface area contributed by atoms with E-state index in [0.717, 1.165) is 24.2 Å². The largest absolute Gasteiger partial charge is 0.370 e. The van der Waals surface area contributed by atoms with E-state index in [1.807, 2.05) is 25.1 Å². The van der Waals surface area contributed by atoms with Crippen molar-refractivity contribution in [3.8, 4) is 0 Å². The number of hydrogen-bond donors (Lipinski definition) is 1. The molecule has 1 fully saturated rings. The summed E-state index contributed by atoms with van der Waals surface area (Å²) in [5.41, 5.74) is 8.04. The van der Waals surface area contributed by atoms with Gasteiger partial charge in [0.15, 0.2) is 9.84 Å². The third-order valence-electron chi connectivity index (χ3n) is 3.48. The minimum atomic E-state index is -2.90. The van der Waals surface area contributed by atoms with Crippen molar-refractivity contribution in [2.75, 3.05) is 29.5 Å². The van der Waals surface area contributed by atoms with E-state index in [1.165, 1.54) is 0 Å². The van der Waals surface area contributed by atoms with Crippen LogP contribution in [-0.4, -0.2) is 39.1 Å². The third-order valence-corrected chi connectivity index (χ3v) is 5.43. The molecule has 1 aliphatic heterocycles. The van der Waals surface area contributed by atoms with Gasteiger partial charge in [0.1, 0.15) is 0 Å². The van der Waals surface area contributed by atoms with Crippen molar-refractivity contribution in [3.63, 3.8) is 0 Å². The van der Waals surface area contributed by atoms with Crippen molar-refractivity contribution in [3.05, 3.63) is 28.8 Å². The van der Waals surface area contributed by atoms with Crippen LogP contribution in [0.15, 0.2) is 18.2 Å². The molecule has 1 aromatic rings. The molecule has 2 rings (SSSR count). The Balaban J connectivity index is 2.27. The van der Waals surface area contributed by atoms with Crippen LogP contribution < -0.4 is 10.6 Å². The number of rotatable bonds is 3. The molecule has 4 nitrogen and oxygen atoms in total. The first-order chi connectivity index (χ1) is 9.37. The Hall–Kier alpha value is -0.780. The quantitative estimate of drug-likeness (QED) is 0.924. The highest BCUT2D eigenvalue weighted by atomic mass is 35.5. The van der Waals surface area contributed by atoms with Gasteiger partial charge in [-0.2, -0.15) is 0 Å². The molecular formula is C14H21ClN2O2S. The van der Waals surface area contributed by atoms with Gasteiger partial charge in [0.05, 0.1) is 11.5 Å². The number of sulfone groups is 1. The van der Waals surface area contributed by atoms with E-state index < -0.39 is 9.84 Å². The van der Waals surface area contributed by atoms with Crippen molar-refractivity contribution >= 4 is 27.1 Å². The highest BCUT2D eigenvalue weighted by molar-refractivity contribution is 7.91. The minimum Gasteiger partial charge on any atom is -0.370 e. The van der Waals surface area contributed by atoms with Crippen LogP contribution in [0.1, 0.15) is 18.9 Å². The Kier molecular flexibility index (Phi) is 4.94. The van der Waals surface area contributed by atoms with Gasteiger partial charge in [-0.25, -0.2) is 8.42 Å². The van der Waals surface area contributed by atoms with Crippen molar-refractivity contribution in [2.45, 2.75) is 25.8 Å². The van der Waals surface area contributed by atoms with Crippen LogP contribution in [0.5, 0.6) is 0 Å². The molecule has 0 spiro atoms. The van der Waals surface area contributed by atoms with E-state index in [1.54, 1.807) is 0 Å². The molecule has 0 amide bonds. The SMILES string of the molecule is CC(N)Cc1cc(Cl)ccc1N1CCCS(=O)(=O)CC1. The van der Waals surface area contributed by atoms with E-state index in [4.69, 9.17) is 17.3 Å². The first kappa shape index (κ1) is 15.6. The zero-order valence-electron chi connectivity index (χ0n) is 11.7. The van der Waals surface area contributed by atoms with E-state index in [2.05, 4.69) is 4.90 Å². The predicted molar refractivity (Wildman–Crippen MR) is 84.3 cm³/mol. The number of anilines is 1. The van der Waals surface area contributed by atoms with Gasteiger partial charge >= 0.3 is 0 Å². The second-order valence-corrected chi connectivity index (χ2v) is 8.19. The maximum absolute atomic E-state index is 11.7. The molecule has 0 aliphatic carbocycles. The molecular weight excluding hydrogens is 296 g/mol. The van der Waals surface area contributed by atoms with E-state index >= 15 is 0 Å². The van der Waals surface area contributed by atoms with Crippen molar-refractivity contribution < 1.29 is 8.42 Å². The van der Waals surface area contributed by atoms with E-state index in [0.29, 0.717) is 18.0 Å². The third kappa shape index (κ3) is 4.11. The standard InChI is InChI=1S/C14H21ClN2O2S/c1-11(16)9-12-10-13(15)3-4-14(12)17-5-2-7-20(18,19)8-6-17/h3-4,10-11H,2,5-9,16H2,1H3. The maximum Gasteiger partial charge on any atom is 0.152 e. The molecule has 1 aromatic carbocycles. The van der Waals surface area contributed by atoms with Crippen molar-refractivity contribution in [1.29, 1.82) is 0 Å². The summed E-state index contributed by atoms with van der Waals surface area (Å²) in [5.74, 6) is 0.493. The van der Waals surface area contributed by atoms with Gasteiger partial charge in [0.2, 0.25) is 0 Å². The molecule has 0 bridgehead atoms. The first-order valence-corrected chi connectivity index (χ1v) is 9.07. The molecule has 6 heteroatoms. The maximum atomic E-state index is 11.7. The summed E-state index contributed by atoms with van der Waals surface area (Å²) in [6.07, 6.45) is 1.40. The minimum absolute atomic E-state index is 0.0444. The lowest BCUT2D eigenvalue weighted by Crippen LogP contribution is -2.29. The molecule has 20 heavy (non-hydrogen) atoms. The van der Waals surface area contributed by atoms with Crippen molar-refractivity contribution in [2.24, 2.45) is 5.73 Å². The Bertz CT molecular complexity index is 573. The van der Waals surface area contributed by atoms with Crippen LogP contribution >= 0.6 is 11.6 Å². The van der Waals surface area contributed by atoms with Gasteiger partial charge < -0.3 is 10.6 Å². The molecule has 1 unspecified atom stereocenters. The number of hydrogen-bond acceptors (Lipinski definition) is 4. The van der Waals surface area contributed by atoms with Gasteiger partial charge in [-0.1, -0.05) is 11.6 Å². The highest BCUT2D eigenvalue weighted by Crippen LogP contribution is 2.26. The Morgan fingerprint density at radius 3 is 2.80 bits per heavy atom. The van der Waals surface area contributed by atoms with Crippen LogP contribution in [0.3, 0.4) is 0 Å². The van der Waals surface area contributed by atoms with Gasteiger partial charge in [0.25, 0.3) is 0 Å². The fraction of sp³-hybridized carbons (Fsp3) is 0.571. The summed E-state index contributed by atoms with van der Waals surface area (Å²) in [6.45, 7) is 3.25. The van der Waals surface area contributed by atoms with Gasteiger partial charge in [-0.05, 0) is 43.5 Å². The molecule has 0 radical (unpaired) electrons. The Labute approximate surface area is 125 Å². The average molecular weight is 317 g/mol. The summed E-state index contributed by atoms with van der Waals surface area (Å²) in [5, 5.41) is 0.687. The topological polar surface area (TPSA) is 63.4 Å². The molecule has 1 saturated heterocycles. The predicted octanol–water partition coefficient (Wildman–Crippen LogP) is 1.85. The summed E-state index contributed by atoms with van der Waals surface area (Å²) < 4.78 is 23.4. The lowest BCUT2D eigenvalue weighted by Gasteiger charge is -2.25. The fourth-order valence-electron chi connectivity index (χ4n) is 2.55. The number of nitrogens with zero attached hydrogens (tertiary/aromatic N) is 1. The molecule has 112 valence electrons. The molecule has 1 atom stereocenters. The molecule has 2 N–H and O–H groups in total. The van der Waals surface area contributed by atoms with E-state index in [9.17, 15) is 8.42 Å². The molecule has 1 heterocycles. The van der Waals surface area contributed by atoms with Crippen LogP contribution in [0.4, 0.5) is 5.69 Å². The second kappa shape index (κ2) is 6.33. The summed E-state index contributed by atoms with van der Waals surface area (Å²) in [4.78, 5) is 2.14. The average Bonchev–Trinajstić information content (AvgIpc) is 2.50. The van der Waals surface area contributed by atoms with E-state index in [-0.39, 0.29) is 17.5 Å². The monoisotopic (exact) mass is 316 g/mol. The van der Waals surface area contributed by atoms with Crippen molar-refractivity contribution in [1.82, 2.24) is 0 Å². The zero-order valence-corrected chi connectivity index (χ0v) is 13.3. The van der Waals surface area contributed by atoms with Crippen LogP contribution in [0.2, 0.25) is 5.02 Å². The van der Waals surface area contributed by atoms with Crippen LogP contribution in [0.25, 0.3) is 0 Å². The number of halogens is 1. The first-order valence-electron chi connectivity index (χ1n) is 6.87. The van der Waals surface area contributed by atoms with Gasteiger partial charge in [-0.3, -0.25) is 0 Å². The normalized spacial score (nSPS) is 20.4. The Morgan fingerprint density at radius 2 is 2.10 bits per heavy atom. The molecule has 0 aromatic heterocycles. The second-order valence-electron chi connectivity index (χ2n) is 5.45. The van der Waals surface area contributed by atoms with Gasteiger partial charge in [-0.15, -0.1) is 0 Å². The Morgan fingerprint density at radius 1 is 1.35 bits per heavy atom. The molecule has 0 saturated carbocycles. The summed E-state index contributed by atoms with van der Waals surface area (Å²) in [6, 6.07) is 5.79.